The molecule has 142 valence electrons. The molecule has 2 amide bonds. The molecule has 3 rings (SSSR count). The highest BCUT2D eigenvalue weighted by molar-refractivity contribution is 5.86. The lowest BCUT2D eigenvalue weighted by Crippen LogP contribution is -2.50. The molecule has 1 spiro atoms. The number of halogens is 1. The average molecular weight is 364 g/mol. The predicted octanol–water partition coefficient (Wildman–Crippen LogP) is 1.82. The molecule has 26 heavy (non-hydrogen) atoms. The second kappa shape index (κ2) is 7.61. The van der Waals surface area contributed by atoms with E-state index in [-0.39, 0.29) is 30.8 Å². The summed E-state index contributed by atoms with van der Waals surface area (Å²) in [6, 6.07) is 4.56. The van der Waals surface area contributed by atoms with Crippen molar-refractivity contribution in [3.8, 4) is 5.75 Å². The number of piperidine rings is 1. The van der Waals surface area contributed by atoms with Crippen LogP contribution in [-0.4, -0.2) is 62.1 Å². The molecular formula is C19H25FN2O4. The Labute approximate surface area is 152 Å². The van der Waals surface area contributed by atoms with Crippen molar-refractivity contribution < 1.29 is 23.5 Å². The first-order valence-electron chi connectivity index (χ1n) is 8.87. The zero-order valence-electron chi connectivity index (χ0n) is 15.3. The van der Waals surface area contributed by atoms with Crippen LogP contribution in [0.25, 0.3) is 0 Å². The second-order valence-electron chi connectivity index (χ2n) is 7.07. The van der Waals surface area contributed by atoms with E-state index in [2.05, 4.69) is 0 Å². The molecule has 2 saturated heterocycles. The van der Waals surface area contributed by atoms with Crippen LogP contribution in [0.15, 0.2) is 18.2 Å². The number of ether oxygens (including phenoxy) is 2. The quantitative estimate of drug-likeness (QED) is 0.800. The summed E-state index contributed by atoms with van der Waals surface area (Å²) in [6.45, 7) is 1.84. The van der Waals surface area contributed by atoms with Gasteiger partial charge in [-0.2, -0.15) is 0 Å². The summed E-state index contributed by atoms with van der Waals surface area (Å²) in [4.78, 5) is 28.6. The summed E-state index contributed by atoms with van der Waals surface area (Å²) in [6.07, 6.45) is 2.27. The molecule has 0 N–H and O–H groups in total. The van der Waals surface area contributed by atoms with Gasteiger partial charge in [-0.1, -0.05) is 0 Å². The van der Waals surface area contributed by atoms with Crippen molar-refractivity contribution in [3.63, 3.8) is 0 Å². The minimum atomic E-state index is -0.545. The molecule has 0 aliphatic carbocycles. The number of nitrogens with zero attached hydrogens (tertiary/aromatic N) is 2. The van der Waals surface area contributed by atoms with Crippen LogP contribution in [0.4, 0.5) is 4.39 Å². The number of benzene rings is 1. The Morgan fingerprint density at radius 2 is 2.08 bits per heavy atom. The van der Waals surface area contributed by atoms with Crippen molar-refractivity contribution in [2.24, 2.45) is 5.41 Å². The Hall–Kier alpha value is -2.15. The molecule has 1 aromatic carbocycles. The van der Waals surface area contributed by atoms with Crippen LogP contribution in [0.2, 0.25) is 0 Å². The topological polar surface area (TPSA) is 59.1 Å². The number of rotatable bonds is 5. The van der Waals surface area contributed by atoms with Gasteiger partial charge in [0.25, 0.3) is 0 Å². The van der Waals surface area contributed by atoms with Gasteiger partial charge in [-0.25, -0.2) is 4.39 Å². The summed E-state index contributed by atoms with van der Waals surface area (Å²) >= 11 is 0. The standard InChI is InChI=1S/C19H25FN2O4/c1-25-12-17(23)22-9-7-19(13-22)6-3-8-21(18(19)24)11-14-10-15(26-2)4-5-16(14)20/h4-5,10H,3,6-9,11-13H2,1-2H3. The van der Waals surface area contributed by atoms with E-state index < -0.39 is 5.41 Å². The minimum Gasteiger partial charge on any atom is -0.497 e. The number of amides is 2. The van der Waals surface area contributed by atoms with E-state index in [4.69, 9.17) is 9.47 Å². The third-order valence-electron chi connectivity index (χ3n) is 5.41. The van der Waals surface area contributed by atoms with E-state index in [1.165, 1.54) is 20.3 Å². The van der Waals surface area contributed by atoms with Gasteiger partial charge < -0.3 is 19.3 Å². The molecule has 0 saturated carbocycles. The normalized spacial score (nSPS) is 23.0. The fraction of sp³-hybridized carbons (Fsp3) is 0.579. The van der Waals surface area contributed by atoms with Crippen LogP contribution < -0.4 is 4.74 Å². The van der Waals surface area contributed by atoms with Gasteiger partial charge in [0.15, 0.2) is 0 Å². The van der Waals surface area contributed by atoms with Crippen LogP contribution >= 0.6 is 0 Å². The van der Waals surface area contributed by atoms with Crippen molar-refractivity contribution in [1.29, 1.82) is 0 Å². The molecule has 7 heteroatoms. The monoisotopic (exact) mass is 364 g/mol. The van der Waals surface area contributed by atoms with Gasteiger partial charge in [-0.15, -0.1) is 0 Å². The van der Waals surface area contributed by atoms with Gasteiger partial charge in [0.2, 0.25) is 11.8 Å². The summed E-state index contributed by atoms with van der Waals surface area (Å²) in [5.74, 6) is 0.145. The maximum Gasteiger partial charge on any atom is 0.248 e. The Balaban J connectivity index is 1.73. The first-order valence-corrected chi connectivity index (χ1v) is 8.87. The summed E-state index contributed by atoms with van der Waals surface area (Å²) in [5, 5.41) is 0. The molecule has 2 heterocycles. The molecule has 2 aliphatic heterocycles. The molecule has 0 aromatic heterocycles. The fourth-order valence-corrected chi connectivity index (χ4v) is 3.99. The highest BCUT2D eigenvalue weighted by Gasteiger charge is 2.49. The molecular weight excluding hydrogens is 339 g/mol. The first kappa shape index (κ1) is 18.6. The molecule has 1 unspecified atom stereocenters. The zero-order valence-corrected chi connectivity index (χ0v) is 15.3. The van der Waals surface area contributed by atoms with Crippen molar-refractivity contribution in [3.05, 3.63) is 29.6 Å². The van der Waals surface area contributed by atoms with E-state index in [9.17, 15) is 14.0 Å². The van der Waals surface area contributed by atoms with Crippen molar-refractivity contribution in [2.45, 2.75) is 25.8 Å². The lowest BCUT2D eigenvalue weighted by Gasteiger charge is -2.39. The third kappa shape index (κ3) is 3.53. The van der Waals surface area contributed by atoms with Gasteiger partial charge in [0, 0.05) is 38.9 Å². The smallest absolute Gasteiger partial charge is 0.248 e. The van der Waals surface area contributed by atoms with E-state index in [1.54, 1.807) is 21.9 Å². The Bertz CT molecular complexity index is 696. The van der Waals surface area contributed by atoms with Crippen LogP contribution in [0.3, 0.4) is 0 Å². The van der Waals surface area contributed by atoms with E-state index in [1.807, 2.05) is 0 Å². The highest BCUT2D eigenvalue weighted by atomic mass is 19.1. The van der Waals surface area contributed by atoms with Gasteiger partial charge in [0.05, 0.1) is 12.5 Å². The molecule has 1 atom stereocenters. The molecule has 2 aliphatic rings. The lowest BCUT2D eigenvalue weighted by atomic mass is 9.78. The number of methoxy groups -OCH3 is 2. The van der Waals surface area contributed by atoms with Crippen LogP contribution in [0.5, 0.6) is 5.75 Å². The maximum absolute atomic E-state index is 14.1. The Morgan fingerprint density at radius 1 is 1.27 bits per heavy atom. The van der Waals surface area contributed by atoms with Crippen molar-refractivity contribution in [2.75, 3.05) is 40.5 Å². The average Bonchev–Trinajstić information content (AvgIpc) is 3.06. The number of carbonyl (C=O) groups excluding carboxylic acids is 2. The van der Waals surface area contributed by atoms with Gasteiger partial charge >= 0.3 is 0 Å². The molecule has 1 aromatic rings. The van der Waals surface area contributed by atoms with Crippen molar-refractivity contribution >= 4 is 11.8 Å². The SMILES string of the molecule is COCC(=O)N1CCC2(CCCN(Cc3cc(OC)ccc3F)C2=O)C1. The summed E-state index contributed by atoms with van der Waals surface area (Å²) in [7, 11) is 3.02. The van der Waals surface area contributed by atoms with Gasteiger partial charge in [0.1, 0.15) is 18.2 Å². The van der Waals surface area contributed by atoms with Gasteiger partial charge in [-0.3, -0.25) is 9.59 Å². The largest absolute Gasteiger partial charge is 0.497 e. The molecule has 0 bridgehead atoms. The van der Waals surface area contributed by atoms with Crippen LogP contribution in [0.1, 0.15) is 24.8 Å². The zero-order chi connectivity index (χ0) is 18.7. The third-order valence-corrected chi connectivity index (χ3v) is 5.41. The number of carbonyl (C=O) groups is 2. The number of hydrogen-bond donors (Lipinski definition) is 0. The van der Waals surface area contributed by atoms with Crippen LogP contribution in [0, 0.1) is 11.2 Å². The van der Waals surface area contributed by atoms with E-state index in [0.717, 1.165) is 12.8 Å². The van der Waals surface area contributed by atoms with Crippen molar-refractivity contribution in [1.82, 2.24) is 9.80 Å². The summed E-state index contributed by atoms with van der Waals surface area (Å²) in [5.41, 5.74) is -0.100. The molecule has 2 fully saturated rings. The minimum absolute atomic E-state index is 0.0127. The van der Waals surface area contributed by atoms with E-state index in [0.29, 0.717) is 37.4 Å². The number of hydrogen-bond acceptors (Lipinski definition) is 4. The Morgan fingerprint density at radius 3 is 2.81 bits per heavy atom. The van der Waals surface area contributed by atoms with Gasteiger partial charge in [-0.05, 0) is 37.5 Å². The predicted molar refractivity (Wildman–Crippen MR) is 93.1 cm³/mol. The molecule has 6 nitrogen and oxygen atoms in total. The maximum atomic E-state index is 14.1. The van der Waals surface area contributed by atoms with E-state index >= 15 is 0 Å². The fourth-order valence-electron chi connectivity index (χ4n) is 3.99. The number of likely N-dealkylation sites (tertiary alicyclic amines) is 2. The molecule has 0 radical (unpaired) electrons. The summed E-state index contributed by atoms with van der Waals surface area (Å²) < 4.78 is 24.2. The lowest BCUT2D eigenvalue weighted by molar-refractivity contribution is -0.147. The highest BCUT2D eigenvalue weighted by Crippen LogP contribution is 2.40. The first-order chi connectivity index (χ1) is 12.5. The van der Waals surface area contributed by atoms with Crippen LogP contribution in [-0.2, 0) is 20.9 Å². The Kier molecular flexibility index (Phi) is 5.46. The second-order valence-corrected chi connectivity index (χ2v) is 7.07.